The van der Waals surface area contributed by atoms with Gasteiger partial charge in [-0.25, -0.2) is 0 Å². The van der Waals surface area contributed by atoms with Crippen molar-refractivity contribution in [3.63, 3.8) is 0 Å². The van der Waals surface area contributed by atoms with Crippen LogP contribution < -0.4 is 4.74 Å². The van der Waals surface area contributed by atoms with Gasteiger partial charge in [0.25, 0.3) is 0 Å². The van der Waals surface area contributed by atoms with Gasteiger partial charge in [-0.15, -0.1) is 11.8 Å². The lowest BCUT2D eigenvalue weighted by molar-refractivity contribution is 0.317. The van der Waals surface area contributed by atoms with E-state index < -0.39 is 0 Å². The summed E-state index contributed by atoms with van der Waals surface area (Å²) in [6.07, 6.45) is 6.25. The molecule has 0 fully saturated rings. The van der Waals surface area contributed by atoms with Crippen LogP contribution in [0.25, 0.3) is 0 Å². The molecule has 108 valence electrons. The van der Waals surface area contributed by atoms with E-state index in [-0.39, 0.29) is 0 Å². The lowest BCUT2D eigenvalue weighted by Gasteiger charge is -2.17. The molecule has 1 unspecified atom stereocenters. The maximum Gasteiger partial charge on any atom is 0.119 e. The molecule has 2 aliphatic rings. The zero-order valence-corrected chi connectivity index (χ0v) is 13.0. The molecule has 0 N–H and O–H groups in total. The van der Waals surface area contributed by atoms with Gasteiger partial charge < -0.3 is 4.74 Å². The number of thioether (sulfide) groups is 1. The summed E-state index contributed by atoms with van der Waals surface area (Å²) in [4.78, 5) is 1.43. The Morgan fingerprint density at radius 1 is 0.952 bits per heavy atom. The summed E-state index contributed by atoms with van der Waals surface area (Å²) in [6.45, 7) is 0.804. The van der Waals surface area contributed by atoms with Crippen LogP contribution in [0.4, 0.5) is 0 Å². The number of hydrogen-bond donors (Lipinski definition) is 0. The van der Waals surface area contributed by atoms with Crippen molar-refractivity contribution >= 4 is 11.8 Å². The maximum absolute atomic E-state index is 6.07. The van der Waals surface area contributed by atoms with Gasteiger partial charge in [0.2, 0.25) is 0 Å². The van der Waals surface area contributed by atoms with Crippen molar-refractivity contribution in [2.24, 2.45) is 0 Å². The van der Waals surface area contributed by atoms with Crippen LogP contribution >= 0.6 is 11.8 Å². The molecule has 0 spiro atoms. The maximum atomic E-state index is 6.07. The van der Waals surface area contributed by atoms with Crippen LogP contribution in [0.15, 0.2) is 47.4 Å². The van der Waals surface area contributed by atoms with E-state index in [1.807, 2.05) is 11.8 Å². The Hall–Kier alpha value is -1.41. The molecule has 4 rings (SSSR count). The lowest BCUT2D eigenvalue weighted by atomic mass is 9.92. The van der Waals surface area contributed by atoms with Gasteiger partial charge in [-0.2, -0.15) is 0 Å². The Bertz CT molecular complexity index is 625. The summed E-state index contributed by atoms with van der Waals surface area (Å²) in [5.41, 5.74) is 4.50. The number of ether oxygens (including phenoxy) is 1. The molecule has 0 bridgehead atoms. The fourth-order valence-corrected chi connectivity index (χ4v) is 4.55. The summed E-state index contributed by atoms with van der Waals surface area (Å²) in [5.74, 6) is 1.05. The molecule has 2 heteroatoms. The first kappa shape index (κ1) is 13.3. The molecule has 0 amide bonds. The Labute approximate surface area is 130 Å². The number of fused-ring (bicyclic) bond motifs is 2. The fraction of sp³-hybridized carbons (Fsp3) is 0.368. The summed E-state index contributed by atoms with van der Waals surface area (Å²) in [5, 5.41) is 0.554. The SMILES string of the molecule is c1ccc2c(c1)CC(COc1ccc3c(c1)CCCC3)S2. The summed E-state index contributed by atoms with van der Waals surface area (Å²) in [7, 11) is 0. The smallest absolute Gasteiger partial charge is 0.119 e. The monoisotopic (exact) mass is 296 g/mol. The molecule has 0 radical (unpaired) electrons. The average molecular weight is 296 g/mol. The fourth-order valence-electron chi connectivity index (χ4n) is 3.34. The third kappa shape index (κ3) is 2.82. The molecule has 0 aromatic heterocycles. The zero-order valence-electron chi connectivity index (χ0n) is 12.2. The topological polar surface area (TPSA) is 9.23 Å². The van der Waals surface area contributed by atoms with E-state index in [9.17, 15) is 0 Å². The van der Waals surface area contributed by atoms with Crippen molar-refractivity contribution < 1.29 is 4.74 Å². The van der Waals surface area contributed by atoms with Gasteiger partial charge >= 0.3 is 0 Å². The lowest BCUT2D eigenvalue weighted by Crippen LogP contribution is -2.14. The molecule has 21 heavy (non-hydrogen) atoms. The molecule has 0 saturated heterocycles. The predicted molar refractivity (Wildman–Crippen MR) is 88.4 cm³/mol. The first-order valence-corrected chi connectivity index (χ1v) is 8.75. The van der Waals surface area contributed by atoms with Crippen molar-refractivity contribution in [3.05, 3.63) is 59.2 Å². The standard InChI is InChI=1S/C19H20OS/c1-2-6-15-11-17(10-9-14(15)5-1)20-13-18-12-16-7-3-4-8-19(16)21-18/h3-4,7-11,18H,1-2,5-6,12-13H2. The molecule has 1 atom stereocenters. The van der Waals surface area contributed by atoms with E-state index >= 15 is 0 Å². The molecular weight excluding hydrogens is 276 g/mol. The minimum atomic E-state index is 0.554. The van der Waals surface area contributed by atoms with Crippen LogP contribution in [-0.4, -0.2) is 11.9 Å². The van der Waals surface area contributed by atoms with Gasteiger partial charge in [0.1, 0.15) is 12.4 Å². The highest BCUT2D eigenvalue weighted by molar-refractivity contribution is 8.00. The Kier molecular flexibility index (Phi) is 3.64. The minimum Gasteiger partial charge on any atom is -0.492 e. The highest BCUT2D eigenvalue weighted by Gasteiger charge is 2.22. The third-order valence-corrected chi connectivity index (χ3v) is 5.76. The number of benzene rings is 2. The Morgan fingerprint density at radius 3 is 2.71 bits per heavy atom. The number of rotatable bonds is 3. The Balaban J connectivity index is 1.40. The second kappa shape index (κ2) is 5.76. The molecule has 1 nitrogen and oxygen atoms in total. The third-order valence-electron chi connectivity index (χ3n) is 4.47. The second-order valence-electron chi connectivity index (χ2n) is 6.00. The van der Waals surface area contributed by atoms with E-state index in [0.717, 1.165) is 18.8 Å². The highest BCUT2D eigenvalue weighted by atomic mass is 32.2. The average Bonchev–Trinajstić information content (AvgIpc) is 2.95. The first-order valence-electron chi connectivity index (χ1n) is 7.88. The van der Waals surface area contributed by atoms with E-state index in [0.29, 0.717) is 5.25 Å². The van der Waals surface area contributed by atoms with Gasteiger partial charge in [0, 0.05) is 10.1 Å². The number of hydrogen-bond acceptors (Lipinski definition) is 2. The largest absolute Gasteiger partial charge is 0.492 e. The normalized spacial score (nSPS) is 19.9. The van der Waals surface area contributed by atoms with E-state index in [2.05, 4.69) is 42.5 Å². The van der Waals surface area contributed by atoms with Crippen LogP contribution in [0.5, 0.6) is 5.75 Å². The number of aryl methyl sites for hydroxylation is 2. The van der Waals surface area contributed by atoms with Gasteiger partial charge in [-0.05, 0) is 67.0 Å². The second-order valence-corrected chi connectivity index (χ2v) is 7.34. The van der Waals surface area contributed by atoms with Crippen molar-refractivity contribution in [3.8, 4) is 5.75 Å². The van der Waals surface area contributed by atoms with Crippen LogP contribution in [0.3, 0.4) is 0 Å². The molecular formula is C19H20OS. The minimum absolute atomic E-state index is 0.554. The molecule has 1 aliphatic carbocycles. The molecule has 0 saturated carbocycles. The highest BCUT2D eigenvalue weighted by Crippen LogP contribution is 2.37. The van der Waals surface area contributed by atoms with Crippen LogP contribution in [0, 0.1) is 0 Å². The summed E-state index contributed by atoms with van der Waals surface area (Å²) < 4.78 is 6.07. The van der Waals surface area contributed by atoms with Gasteiger partial charge in [-0.1, -0.05) is 24.3 Å². The summed E-state index contributed by atoms with van der Waals surface area (Å²) in [6, 6.07) is 15.4. The zero-order chi connectivity index (χ0) is 14.1. The van der Waals surface area contributed by atoms with Crippen molar-refractivity contribution in [1.29, 1.82) is 0 Å². The van der Waals surface area contributed by atoms with E-state index in [1.165, 1.54) is 47.3 Å². The summed E-state index contributed by atoms with van der Waals surface area (Å²) >= 11 is 1.96. The van der Waals surface area contributed by atoms with Crippen molar-refractivity contribution in [1.82, 2.24) is 0 Å². The van der Waals surface area contributed by atoms with Crippen LogP contribution in [0.2, 0.25) is 0 Å². The van der Waals surface area contributed by atoms with Gasteiger partial charge in [0.15, 0.2) is 0 Å². The molecule has 1 aliphatic heterocycles. The molecule has 1 heterocycles. The van der Waals surface area contributed by atoms with E-state index in [4.69, 9.17) is 4.74 Å². The quantitative estimate of drug-likeness (QED) is 0.814. The molecule has 2 aromatic rings. The van der Waals surface area contributed by atoms with Crippen molar-refractivity contribution in [2.75, 3.05) is 6.61 Å². The van der Waals surface area contributed by atoms with Crippen LogP contribution in [-0.2, 0) is 19.3 Å². The van der Waals surface area contributed by atoms with Crippen molar-refractivity contribution in [2.45, 2.75) is 42.2 Å². The van der Waals surface area contributed by atoms with Gasteiger partial charge in [0.05, 0.1) is 0 Å². The first-order chi connectivity index (χ1) is 10.4. The predicted octanol–water partition coefficient (Wildman–Crippen LogP) is 4.66. The van der Waals surface area contributed by atoms with E-state index in [1.54, 1.807) is 0 Å². The van der Waals surface area contributed by atoms with Crippen LogP contribution in [0.1, 0.15) is 29.5 Å². The van der Waals surface area contributed by atoms with Gasteiger partial charge in [-0.3, -0.25) is 0 Å². The molecule has 2 aromatic carbocycles. The Morgan fingerprint density at radius 2 is 1.81 bits per heavy atom.